The fourth-order valence-electron chi connectivity index (χ4n) is 5.07. The van der Waals surface area contributed by atoms with Gasteiger partial charge >= 0.3 is 5.97 Å². The summed E-state index contributed by atoms with van der Waals surface area (Å²) in [5.74, 6) is -0.359. The van der Waals surface area contributed by atoms with Gasteiger partial charge in [-0.15, -0.1) is 0 Å². The number of aromatic amines is 1. The Morgan fingerprint density at radius 1 is 0.970 bits per heavy atom. The number of fused-ring (bicyclic) bond motifs is 2. The predicted octanol–water partition coefficient (Wildman–Crippen LogP) is 5.44. The molecule has 0 aromatic heterocycles. The van der Waals surface area contributed by atoms with Crippen molar-refractivity contribution >= 4 is 17.6 Å². The van der Waals surface area contributed by atoms with Gasteiger partial charge < -0.3 is 14.6 Å². The quantitative estimate of drug-likeness (QED) is 0.422. The summed E-state index contributed by atoms with van der Waals surface area (Å²) in [5, 5.41) is 0. The van der Waals surface area contributed by atoms with Gasteiger partial charge in [0.15, 0.2) is 0 Å². The number of hydrogen-bond acceptors (Lipinski definition) is 3. The number of carbonyl (C=O) groups excluding carboxylic acids is 2. The highest BCUT2D eigenvalue weighted by Crippen LogP contribution is 2.45. The zero-order chi connectivity index (χ0) is 23.2. The van der Waals surface area contributed by atoms with Crippen molar-refractivity contribution in [2.45, 2.75) is 25.7 Å². The third-order valence-corrected chi connectivity index (χ3v) is 6.65. The summed E-state index contributed by atoms with van der Waals surface area (Å²) in [6, 6.07) is 23.8. The Morgan fingerprint density at radius 3 is 2.42 bits per heavy atom. The van der Waals surface area contributed by atoms with Crippen LogP contribution in [-0.4, -0.2) is 30.5 Å². The molecule has 5 rings (SSSR count). The summed E-state index contributed by atoms with van der Waals surface area (Å²) in [4.78, 5) is 31.6. The molecule has 5 heteroatoms. The summed E-state index contributed by atoms with van der Waals surface area (Å²) in [7, 11) is 1.82. The zero-order valence-electron chi connectivity index (χ0n) is 19.0. The van der Waals surface area contributed by atoms with Gasteiger partial charge in [-0.1, -0.05) is 66.7 Å². The topological polar surface area (TPSA) is 62.4 Å². The lowest BCUT2D eigenvalue weighted by atomic mass is 9.78. The van der Waals surface area contributed by atoms with Gasteiger partial charge in [0.1, 0.15) is 5.69 Å². The number of anilines is 1. The van der Waals surface area contributed by atoms with Crippen molar-refractivity contribution in [1.29, 1.82) is 0 Å². The SMILES string of the molecule is CCOC(=O)c1[nH]c(C[C@]2(C)C(=O)N(C)c3ccccc32)c2cccc-2c1-c1ccccc1. The Bertz CT molecular complexity index is 1320. The third kappa shape index (κ3) is 3.23. The van der Waals surface area contributed by atoms with Crippen molar-refractivity contribution in [3.05, 3.63) is 89.7 Å². The molecule has 2 aromatic carbocycles. The Kier molecular flexibility index (Phi) is 5.05. The largest absolute Gasteiger partial charge is 0.461 e. The van der Waals surface area contributed by atoms with Crippen molar-refractivity contribution in [3.63, 3.8) is 0 Å². The molecule has 1 amide bonds. The minimum absolute atomic E-state index is 0.0432. The van der Waals surface area contributed by atoms with Gasteiger partial charge in [0.25, 0.3) is 0 Å². The summed E-state index contributed by atoms with van der Waals surface area (Å²) in [5.41, 5.74) is 6.16. The number of rotatable bonds is 5. The number of nitrogens with zero attached hydrogens (tertiary/aromatic N) is 1. The number of pyridine rings is 1. The molecular formula is C28H26N2O3. The van der Waals surface area contributed by atoms with Crippen LogP contribution in [-0.2, 0) is 21.4 Å². The Labute approximate surface area is 193 Å². The molecular weight excluding hydrogens is 412 g/mol. The van der Waals surface area contributed by atoms with E-state index in [4.69, 9.17) is 4.74 Å². The molecule has 0 bridgehead atoms. The van der Waals surface area contributed by atoms with Crippen LogP contribution in [0.2, 0.25) is 0 Å². The van der Waals surface area contributed by atoms with E-state index in [0.717, 1.165) is 39.2 Å². The molecule has 0 spiro atoms. The minimum Gasteiger partial charge on any atom is -0.461 e. The van der Waals surface area contributed by atoms with Crippen molar-refractivity contribution in [3.8, 4) is 22.3 Å². The highest BCUT2D eigenvalue weighted by molar-refractivity contribution is 6.08. The molecule has 5 nitrogen and oxygen atoms in total. The second-order valence-electron chi connectivity index (χ2n) is 8.68. The van der Waals surface area contributed by atoms with Crippen LogP contribution < -0.4 is 4.90 Å². The van der Waals surface area contributed by atoms with Gasteiger partial charge in [-0.2, -0.15) is 0 Å². The maximum Gasteiger partial charge on any atom is 0.355 e. The minimum atomic E-state index is -0.744. The lowest BCUT2D eigenvalue weighted by Crippen LogP contribution is -2.38. The Hall–Kier alpha value is -3.86. The molecule has 33 heavy (non-hydrogen) atoms. The van der Waals surface area contributed by atoms with E-state index < -0.39 is 11.4 Å². The second-order valence-corrected chi connectivity index (χ2v) is 8.68. The number of carbonyl (C=O) groups is 2. The number of nitrogens with one attached hydrogen (secondary N) is 1. The summed E-state index contributed by atoms with van der Waals surface area (Å²) in [6.07, 6.45) is 0.440. The molecule has 2 heterocycles. The first-order valence-electron chi connectivity index (χ1n) is 11.2. The van der Waals surface area contributed by atoms with E-state index in [9.17, 15) is 9.59 Å². The van der Waals surface area contributed by atoms with Gasteiger partial charge in [-0.25, -0.2) is 4.79 Å². The van der Waals surface area contributed by atoms with E-state index in [1.54, 1.807) is 11.8 Å². The molecule has 0 saturated carbocycles. The van der Waals surface area contributed by atoms with Crippen LogP contribution in [0, 0.1) is 0 Å². The van der Waals surface area contributed by atoms with Crippen molar-refractivity contribution < 1.29 is 14.3 Å². The summed E-state index contributed by atoms with van der Waals surface area (Å²) >= 11 is 0. The van der Waals surface area contributed by atoms with E-state index in [1.165, 1.54) is 0 Å². The van der Waals surface area contributed by atoms with E-state index in [2.05, 4.69) is 4.98 Å². The highest BCUT2D eigenvalue weighted by Gasteiger charge is 2.46. The highest BCUT2D eigenvalue weighted by atomic mass is 16.5. The van der Waals surface area contributed by atoms with Crippen molar-refractivity contribution in [1.82, 2.24) is 4.98 Å². The van der Waals surface area contributed by atoms with Gasteiger partial charge in [-0.3, -0.25) is 4.79 Å². The molecule has 1 atom stereocenters. The van der Waals surface area contributed by atoms with Gasteiger partial charge in [0.05, 0.1) is 12.0 Å². The Morgan fingerprint density at radius 2 is 1.67 bits per heavy atom. The monoisotopic (exact) mass is 438 g/mol. The van der Waals surface area contributed by atoms with E-state index >= 15 is 0 Å². The molecule has 1 N–H and O–H groups in total. The molecule has 2 aromatic rings. The number of benzene rings is 2. The average Bonchev–Trinajstić information content (AvgIpc) is 3.39. The van der Waals surface area contributed by atoms with Crippen LogP contribution >= 0.6 is 0 Å². The van der Waals surface area contributed by atoms with E-state index in [1.807, 2.05) is 86.8 Å². The van der Waals surface area contributed by atoms with Gasteiger partial charge in [0.2, 0.25) is 5.91 Å². The van der Waals surface area contributed by atoms with Crippen LogP contribution in [0.4, 0.5) is 5.69 Å². The predicted molar refractivity (Wildman–Crippen MR) is 130 cm³/mol. The average molecular weight is 439 g/mol. The molecule has 166 valence electrons. The first-order chi connectivity index (χ1) is 16.0. The number of likely N-dealkylation sites (N-methyl/N-ethyl adjacent to an activating group) is 1. The normalized spacial score (nSPS) is 17.4. The van der Waals surface area contributed by atoms with Gasteiger partial charge in [0, 0.05) is 36.0 Å². The molecule has 0 radical (unpaired) electrons. The molecule has 0 fully saturated rings. The van der Waals surface area contributed by atoms with Crippen LogP contribution in [0.15, 0.2) is 72.8 Å². The smallest absolute Gasteiger partial charge is 0.355 e. The lowest BCUT2D eigenvalue weighted by molar-refractivity contribution is -0.122. The molecule has 3 aliphatic rings. The molecule has 0 saturated heterocycles. The first kappa shape index (κ1) is 21.0. The van der Waals surface area contributed by atoms with E-state index in [-0.39, 0.29) is 12.5 Å². The maximum absolute atomic E-state index is 13.4. The number of para-hydroxylation sites is 1. The number of amides is 1. The summed E-state index contributed by atoms with van der Waals surface area (Å²) < 4.78 is 5.41. The number of hydrogen-bond donors (Lipinski definition) is 1. The molecule has 0 unspecified atom stereocenters. The standard InChI is InChI=1S/C28H26N2O3/c1-4-33-26(31)25-24(18-11-6-5-7-12-18)20-14-10-13-19(20)22(29-25)17-28(2)21-15-8-9-16-23(21)30(3)27(28)32/h5-16,29H,4,17H2,1-3H3/t28-/m0/s1. The third-order valence-electron chi connectivity index (χ3n) is 6.65. The summed E-state index contributed by atoms with van der Waals surface area (Å²) in [6.45, 7) is 4.06. The van der Waals surface area contributed by atoms with Crippen molar-refractivity contribution in [2.75, 3.05) is 18.6 Å². The number of ether oxygens (including phenoxy) is 1. The maximum atomic E-state index is 13.4. The molecule has 2 aliphatic heterocycles. The number of esters is 1. The zero-order valence-corrected chi connectivity index (χ0v) is 19.0. The Balaban J connectivity index is 1.70. The van der Waals surface area contributed by atoms with Crippen LogP contribution in [0.3, 0.4) is 0 Å². The second kappa shape index (κ2) is 7.93. The van der Waals surface area contributed by atoms with Crippen LogP contribution in [0.5, 0.6) is 0 Å². The van der Waals surface area contributed by atoms with Crippen molar-refractivity contribution in [2.24, 2.45) is 0 Å². The first-order valence-corrected chi connectivity index (χ1v) is 11.2. The number of aromatic nitrogens is 1. The number of H-pyrrole nitrogens is 1. The van der Waals surface area contributed by atoms with E-state index in [0.29, 0.717) is 12.1 Å². The van der Waals surface area contributed by atoms with Crippen LogP contribution in [0.1, 0.15) is 35.6 Å². The van der Waals surface area contributed by atoms with Crippen LogP contribution in [0.25, 0.3) is 22.3 Å². The van der Waals surface area contributed by atoms with Gasteiger partial charge in [-0.05, 0) is 36.6 Å². The lowest BCUT2D eigenvalue weighted by Gasteiger charge is -2.26. The molecule has 1 aliphatic carbocycles. The fraction of sp³-hybridized carbons (Fsp3) is 0.214. The fourth-order valence-corrected chi connectivity index (χ4v) is 5.07.